The van der Waals surface area contributed by atoms with Crippen molar-refractivity contribution in [2.24, 2.45) is 0 Å². The van der Waals surface area contributed by atoms with E-state index >= 15 is 0 Å². The normalized spacial score (nSPS) is 10.4. The molecule has 12 heavy (non-hydrogen) atoms. The van der Waals surface area contributed by atoms with Gasteiger partial charge >= 0.3 is 0 Å². The van der Waals surface area contributed by atoms with Crippen molar-refractivity contribution in [1.82, 2.24) is 4.98 Å². The van der Waals surface area contributed by atoms with Crippen molar-refractivity contribution in [3.05, 3.63) is 45.9 Å². The molecule has 0 atom stereocenters. The van der Waals surface area contributed by atoms with Gasteiger partial charge in [-0.2, -0.15) is 0 Å². The van der Waals surface area contributed by atoms with E-state index in [4.69, 9.17) is 0 Å². The summed E-state index contributed by atoms with van der Waals surface area (Å²) in [4.78, 5) is 13.5. The first-order valence-electron chi connectivity index (χ1n) is 3.43. The van der Waals surface area contributed by atoms with Crippen molar-refractivity contribution < 1.29 is 4.92 Å². The molecule has 0 aliphatic heterocycles. The smallest absolute Gasteiger partial charge is 0.235 e. The molecule has 0 saturated carbocycles. The average Bonchev–Trinajstić information content (AvgIpc) is 2.03. The van der Waals surface area contributed by atoms with Crippen molar-refractivity contribution in [3.8, 4) is 0 Å². The summed E-state index contributed by atoms with van der Waals surface area (Å²) < 4.78 is 0. The standard InChI is InChI=1S/C8H8N2O2/c1-7-8(3-2-5-9-7)4-6-10(11)12/h2-6H,1H3/b6-4+. The zero-order valence-corrected chi connectivity index (χ0v) is 6.60. The molecule has 0 saturated heterocycles. The van der Waals surface area contributed by atoms with Crippen LogP contribution in [0.1, 0.15) is 11.3 Å². The highest BCUT2D eigenvalue weighted by atomic mass is 16.6. The Morgan fingerprint density at radius 3 is 3.00 bits per heavy atom. The molecule has 0 aromatic carbocycles. The Hall–Kier alpha value is -1.71. The van der Waals surface area contributed by atoms with Crippen LogP contribution in [0.2, 0.25) is 0 Å². The molecule has 62 valence electrons. The Balaban J connectivity index is 2.89. The molecule has 0 N–H and O–H groups in total. The summed E-state index contributed by atoms with van der Waals surface area (Å²) >= 11 is 0. The van der Waals surface area contributed by atoms with Gasteiger partial charge < -0.3 is 0 Å². The number of hydrogen-bond acceptors (Lipinski definition) is 3. The summed E-state index contributed by atoms with van der Waals surface area (Å²) in [5, 5.41) is 9.98. The highest BCUT2D eigenvalue weighted by Gasteiger charge is 1.94. The summed E-state index contributed by atoms with van der Waals surface area (Å²) in [7, 11) is 0. The van der Waals surface area contributed by atoms with Crippen LogP contribution >= 0.6 is 0 Å². The number of aryl methyl sites for hydroxylation is 1. The minimum absolute atomic E-state index is 0.494. The van der Waals surface area contributed by atoms with E-state index in [0.717, 1.165) is 17.5 Å². The molecule has 0 spiro atoms. The molecule has 1 rings (SSSR count). The van der Waals surface area contributed by atoms with Crippen LogP contribution in [0.25, 0.3) is 6.08 Å². The molecule has 1 heterocycles. The summed E-state index contributed by atoms with van der Waals surface area (Å²) in [5.41, 5.74) is 1.56. The minimum Gasteiger partial charge on any atom is -0.261 e. The molecule has 1 aromatic rings. The number of aromatic nitrogens is 1. The number of nitro groups is 1. The van der Waals surface area contributed by atoms with Crippen LogP contribution < -0.4 is 0 Å². The Labute approximate surface area is 69.7 Å². The van der Waals surface area contributed by atoms with Gasteiger partial charge in [-0.25, -0.2) is 0 Å². The quantitative estimate of drug-likeness (QED) is 0.493. The third-order valence-electron chi connectivity index (χ3n) is 1.42. The van der Waals surface area contributed by atoms with Crippen molar-refractivity contribution in [2.75, 3.05) is 0 Å². The lowest BCUT2D eigenvalue weighted by atomic mass is 10.2. The maximum absolute atomic E-state index is 9.98. The van der Waals surface area contributed by atoms with Gasteiger partial charge in [0.05, 0.1) is 4.92 Å². The van der Waals surface area contributed by atoms with E-state index in [1.165, 1.54) is 6.08 Å². The van der Waals surface area contributed by atoms with E-state index in [-0.39, 0.29) is 0 Å². The summed E-state index contributed by atoms with van der Waals surface area (Å²) in [6, 6.07) is 3.52. The van der Waals surface area contributed by atoms with Gasteiger partial charge in [-0.3, -0.25) is 15.1 Å². The third kappa shape index (κ3) is 2.16. The van der Waals surface area contributed by atoms with Gasteiger partial charge in [-0.05, 0) is 13.0 Å². The Bertz CT molecular complexity index is 321. The zero-order valence-electron chi connectivity index (χ0n) is 6.60. The molecule has 4 heteroatoms. The molecule has 0 radical (unpaired) electrons. The SMILES string of the molecule is Cc1ncccc1/C=C/[N+](=O)[O-]. The molecular weight excluding hydrogens is 156 g/mol. The van der Waals surface area contributed by atoms with Crippen molar-refractivity contribution in [1.29, 1.82) is 0 Å². The minimum atomic E-state index is -0.494. The molecule has 0 fully saturated rings. The maximum atomic E-state index is 9.98. The molecular formula is C8H8N2O2. The zero-order chi connectivity index (χ0) is 8.97. The number of hydrogen-bond donors (Lipinski definition) is 0. The lowest BCUT2D eigenvalue weighted by Gasteiger charge is -1.94. The van der Waals surface area contributed by atoms with E-state index in [2.05, 4.69) is 4.98 Å². The van der Waals surface area contributed by atoms with Crippen LogP contribution in [0.5, 0.6) is 0 Å². The summed E-state index contributed by atoms with van der Waals surface area (Å²) in [6.07, 6.45) is 3.99. The van der Waals surface area contributed by atoms with Crippen LogP contribution in [-0.4, -0.2) is 9.91 Å². The fourth-order valence-corrected chi connectivity index (χ4v) is 0.814. The number of nitrogens with zero attached hydrogens (tertiary/aromatic N) is 2. The molecule has 0 aliphatic rings. The molecule has 4 nitrogen and oxygen atoms in total. The number of pyridine rings is 1. The predicted molar refractivity (Wildman–Crippen MR) is 45.0 cm³/mol. The van der Waals surface area contributed by atoms with E-state index in [9.17, 15) is 10.1 Å². The fourth-order valence-electron chi connectivity index (χ4n) is 0.814. The first-order chi connectivity index (χ1) is 5.70. The van der Waals surface area contributed by atoms with Gasteiger partial charge in [0.1, 0.15) is 0 Å². The highest BCUT2D eigenvalue weighted by molar-refractivity contribution is 5.49. The number of rotatable bonds is 2. The van der Waals surface area contributed by atoms with E-state index < -0.39 is 4.92 Å². The molecule has 0 bridgehead atoms. The fraction of sp³-hybridized carbons (Fsp3) is 0.125. The van der Waals surface area contributed by atoms with Gasteiger partial charge in [0.2, 0.25) is 6.20 Å². The summed E-state index contributed by atoms with van der Waals surface area (Å²) in [5.74, 6) is 0. The topological polar surface area (TPSA) is 56.0 Å². The average molecular weight is 164 g/mol. The van der Waals surface area contributed by atoms with Crippen LogP contribution in [0.4, 0.5) is 0 Å². The van der Waals surface area contributed by atoms with Gasteiger partial charge in [0.25, 0.3) is 0 Å². The Morgan fingerprint density at radius 2 is 2.42 bits per heavy atom. The van der Waals surface area contributed by atoms with Crippen molar-refractivity contribution >= 4 is 6.08 Å². The van der Waals surface area contributed by atoms with Crippen molar-refractivity contribution in [2.45, 2.75) is 6.92 Å². The van der Waals surface area contributed by atoms with Gasteiger partial charge in [0.15, 0.2) is 0 Å². The maximum Gasteiger partial charge on any atom is 0.235 e. The molecule has 0 amide bonds. The van der Waals surface area contributed by atoms with Gasteiger partial charge in [-0.1, -0.05) is 6.07 Å². The van der Waals surface area contributed by atoms with E-state index in [1.54, 1.807) is 25.3 Å². The van der Waals surface area contributed by atoms with Gasteiger partial charge in [0, 0.05) is 23.5 Å². The Morgan fingerprint density at radius 1 is 1.67 bits per heavy atom. The molecule has 0 aliphatic carbocycles. The highest BCUT2D eigenvalue weighted by Crippen LogP contribution is 2.05. The van der Waals surface area contributed by atoms with Crippen LogP contribution in [0.3, 0.4) is 0 Å². The lowest BCUT2D eigenvalue weighted by molar-refractivity contribution is -0.400. The van der Waals surface area contributed by atoms with Gasteiger partial charge in [-0.15, -0.1) is 0 Å². The predicted octanol–water partition coefficient (Wildman–Crippen LogP) is 1.64. The van der Waals surface area contributed by atoms with Crippen LogP contribution in [0, 0.1) is 17.0 Å². The van der Waals surface area contributed by atoms with Crippen molar-refractivity contribution in [3.63, 3.8) is 0 Å². The third-order valence-corrected chi connectivity index (χ3v) is 1.42. The lowest BCUT2D eigenvalue weighted by Crippen LogP contribution is -1.86. The summed E-state index contributed by atoms with van der Waals surface area (Å²) in [6.45, 7) is 1.81. The second-order valence-electron chi connectivity index (χ2n) is 2.28. The van der Waals surface area contributed by atoms with Crippen LogP contribution in [-0.2, 0) is 0 Å². The monoisotopic (exact) mass is 164 g/mol. The first kappa shape index (κ1) is 8.39. The first-order valence-corrected chi connectivity index (χ1v) is 3.43. The Kier molecular flexibility index (Phi) is 2.53. The largest absolute Gasteiger partial charge is 0.261 e. The molecule has 1 aromatic heterocycles. The second-order valence-corrected chi connectivity index (χ2v) is 2.28. The molecule has 0 unspecified atom stereocenters. The second kappa shape index (κ2) is 3.61. The van der Waals surface area contributed by atoms with E-state index in [1.807, 2.05) is 0 Å². The van der Waals surface area contributed by atoms with E-state index in [0.29, 0.717) is 0 Å². The van der Waals surface area contributed by atoms with Crippen LogP contribution in [0.15, 0.2) is 24.5 Å².